The van der Waals surface area contributed by atoms with Crippen LogP contribution in [0.3, 0.4) is 0 Å². The zero-order chi connectivity index (χ0) is 18.2. The average Bonchev–Trinajstić information content (AvgIpc) is 2.64. The first-order chi connectivity index (χ1) is 12.1. The monoisotopic (exact) mass is 362 g/mol. The van der Waals surface area contributed by atoms with Gasteiger partial charge in [0.1, 0.15) is 12.4 Å². The standard InChI is InChI=1S/C19H19ClO5/c1-22-16-8-6-15(20)11-14(16)12-25-17-7-4-13(10-18(17)23-2)5-9-19(21)24-3/h4-11H,12H2,1-3H3/b9-5+. The van der Waals surface area contributed by atoms with Crippen LogP contribution in [0.2, 0.25) is 5.02 Å². The first-order valence-corrected chi connectivity index (χ1v) is 7.84. The summed E-state index contributed by atoms with van der Waals surface area (Å²) in [5, 5.41) is 0.606. The van der Waals surface area contributed by atoms with Crippen LogP contribution in [0.4, 0.5) is 0 Å². The van der Waals surface area contributed by atoms with Gasteiger partial charge in [0.05, 0.1) is 21.3 Å². The summed E-state index contributed by atoms with van der Waals surface area (Å²) in [6.45, 7) is 0.275. The zero-order valence-corrected chi connectivity index (χ0v) is 15.0. The van der Waals surface area contributed by atoms with Crippen LogP contribution in [0.15, 0.2) is 42.5 Å². The van der Waals surface area contributed by atoms with Gasteiger partial charge in [-0.1, -0.05) is 17.7 Å². The molecule has 0 saturated heterocycles. The minimum atomic E-state index is -0.424. The van der Waals surface area contributed by atoms with Gasteiger partial charge in [-0.3, -0.25) is 0 Å². The largest absolute Gasteiger partial charge is 0.496 e. The molecule has 6 heteroatoms. The fourth-order valence-electron chi connectivity index (χ4n) is 2.15. The molecule has 0 unspecified atom stereocenters. The normalized spacial score (nSPS) is 10.6. The average molecular weight is 363 g/mol. The zero-order valence-electron chi connectivity index (χ0n) is 14.2. The van der Waals surface area contributed by atoms with Crippen molar-refractivity contribution < 1.29 is 23.7 Å². The minimum absolute atomic E-state index is 0.275. The Balaban J connectivity index is 2.16. The van der Waals surface area contributed by atoms with Crippen LogP contribution < -0.4 is 14.2 Å². The van der Waals surface area contributed by atoms with Gasteiger partial charge in [0.2, 0.25) is 0 Å². The van der Waals surface area contributed by atoms with Crippen LogP contribution in [0.5, 0.6) is 17.2 Å². The van der Waals surface area contributed by atoms with E-state index in [2.05, 4.69) is 4.74 Å². The van der Waals surface area contributed by atoms with Crippen molar-refractivity contribution in [1.29, 1.82) is 0 Å². The van der Waals surface area contributed by atoms with E-state index >= 15 is 0 Å². The molecule has 0 spiro atoms. The molecule has 0 fully saturated rings. The van der Waals surface area contributed by atoms with E-state index in [-0.39, 0.29) is 6.61 Å². The Morgan fingerprint density at radius 2 is 1.72 bits per heavy atom. The maximum absolute atomic E-state index is 11.2. The highest BCUT2D eigenvalue weighted by atomic mass is 35.5. The third kappa shape index (κ3) is 5.16. The van der Waals surface area contributed by atoms with Gasteiger partial charge in [-0.15, -0.1) is 0 Å². The third-order valence-corrected chi connectivity index (χ3v) is 3.66. The minimum Gasteiger partial charge on any atom is -0.496 e. The lowest BCUT2D eigenvalue weighted by molar-refractivity contribution is -0.134. The molecule has 0 aliphatic heterocycles. The summed E-state index contributed by atoms with van der Waals surface area (Å²) in [7, 11) is 4.47. The lowest BCUT2D eigenvalue weighted by Gasteiger charge is -2.13. The van der Waals surface area contributed by atoms with Crippen LogP contribution in [0.25, 0.3) is 6.08 Å². The molecule has 0 radical (unpaired) electrons. The molecule has 0 amide bonds. The molecule has 0 heterocycles. The Labute approximate surface area is 151 Å². The SMILES string of the molecule is COC(=O)/C=C/c1ccc(OCc2cc(Cl)ccc2OC)c(OC)c1. The first-order valence-electron chi connectivity index (χ1n) is 7.46. The summed E-state index contributed by atoms with van der Waals surface area (Å²) in [4.78, 5) is 11.2. The molecule has 0 aromatic heterocycles. The summed E-state index contributed by atoms with van der Waals surface area (Å²) in [5.74, 6) is 1.39. The van der Waals surface area contributed by atoms with Gasteiger partial charge in [-0.25, -0.2) is 4.79 Å². The number of carbonyl (C=O) groups is 1. The molecule has 0 atom stereocenters. The summed E-state index contributed by atoms with van der Waals surface area (Å²) in [6, 6.07) is 10.7. The van der Waals surface area contributed by atoms with Crippen molar-refractivity contribution >= 4 is 23.6 Å². The Morgan fingerprint density at radius 3 is 2.40 bits per heavy atom. The molecule has 25 heavy (non-hydrogen) atoms. The highest BCUT2D eigenvalue weighted by molar-refractivity contribution is 6.30. The molecule has 5 nitrogen and oxygen atoms in total. The van der Waals surface area contributed by atoms with Gasteiger partial charge in [0, 0.05) is 16.7 Å². The molecular formula is C19H19ClO5. The lowest BCUT2D eigenvalue weighted by Crippen LogP contribution is -2.00. The first kappa shape index (κ1) is 18.7. The van der Waals surface area contributed by atoms with E-state index in [0.717, 1.165) is 11.1 Å². The topological polar surface area (TPSA) is 54.0 Å². The van der Waals surface area contributed by atoms with Crippen molar-refractivity contribution in [2.24, 2.45) is 0 Å². The van der Waals surface area contributed by atoms with E-state index < -0.39 is 5.97 Å². The van der Waals surface area contributed by atoms with Crippen LogP contribution in [-0.2, 0) is 16.1 Å². The summed E-state index contributed by atoms with van der Waals surface area (Å²) >= 11 is 6.03. The molecule has 0 bridgehead atoms. The van der Waals surface area contributed by atoms with E-state index in [0.29, 0.717) is 22.3 Å². The summed E-state index contributed by atoms with van der Waals surface area (Å²) < 4.78 is 21.1. The van der Waals surface area contributed by atoms with Crippen LogP contribution in [-0.4, -0.2) is 27.3 Å². The smallest absolute Gasteiger partial charge is 0.330 e. The summed E-state index contributed by atoms with van der Waals surface area (Å²) in [5.41, 5.74) is 1.61. The van der Waals surface area contributed by atoms with Gasteiger partial charge >= 0.3 is 5.97 Å². The van der Waals surface area contributed by atoms with Crippen molar-refractivity contribution in [2.75, 3.05) is 21.3 Å². The second-order valence-corrected chi connectivity index (χ2v) is 5.45. The molecule has 132 valence electrons. The number of methoxy groups -OCH3 is 3. The Morgan fingerprint density at radius 1 is 1.00 bits per heavy atom. The molecule has 2 aromatic rings. The molecule has 2 rings (SSSR count). The van der Waals surface area contributed by atoms with Crippen LogP contribution >= 0.6 is 11.6 Å². The fourth-order valence-corrected chi connectivity index (χ4v) is 2.35. The van der Waals surface area contributed by atoms with Gasteiger partial charge in [0.15, 0.2) is 11.5 Å². The van der Waals surface area contributed by atoms with Crippen LogP contribution in [0.1, 0.15) is 11.1 Å². The molecule has 2 aromatic carbocycles. The number of halogens is 1. The maximum atomic E-state index is 11.2. The predicted octanol–water partition coefficient (Wildman–Crippen LogP) is 4.12. The number of ether oxygens (including phenoxy) is 4. The van der Waals surface area contributed by atoms with Gasteiger partial charge in [0.25, 0.3) is 0 Å². The highest BCUT2D eigenvalue weighted by Gasteiger charge is 2.09. The van der Waals surface area contributed by atoms with Gasteiger partial charge in [-0.2, -0.15) is 0 Å². The van der Waals surface area contributed by atoms with E-state index in [4.69, 9.17) is 25.8 Å². The second kappa shape index (κ2) is 8.99. The maximum Gasteiger partial charge on any atom is 0.330 e. The number of carbonyl (C=O) groups excluding carboxylic acids is 1. The van der Waals surface area contributed by atoms with Crippen molar-refractivity contribution in [1.82, 2.24) is 0 Å². The van der Waals surface area contributed by atoms with Gasteiger partial charge in [-0.05, 0) is 42.0 Å². The van der Waals surface area contributed by atoms with E-state index in [1.54, 1.807) is 50.6 Å². The second-order valence-electron chi connectivity index (χ2n) is 5.01. The predicted molar refractivity (Wildman–Crippen MR) is 96.4 cm³/mol. The molecule has 0 aliphatic rings. The summed E-state index contributed by atoms with van der Waals surface area (Å²) in [6.07, 6.45) is 2.98. The van der Waals surface area contributed by atoms with Gasteiger partial charge < -0.3 is 18.9 Å². The Bertz CT molecular complexity index is 770. The lowest BCUT2D eigenvalue weighted by atomic mass is 10.2. The van der Waals surface area contributed by atoms with E-state index in [1.165, 1.54) is 13.2 Å². The van der Waals surface area contributed by atoms with Crippen molar-refractivity contribution in [3.63, 3.8) is 0 Å². The highest BCUT2D eigenvalue weighted by Crippen LogP contribution is 2.31. The van der Waals surface area contributed by atoms with Crippen LogP contribution in [0, 0.1) is 0 Å². The quantitative estimate of drug-likeness (QED) is 0.547. The van der Waals surface area contributed by atoms with Crippen molar-refractivity contribution in [2.45, 2.75) is 6.61 Å². The fraction of sp³-hybridized carbons (Fsp3) is 0.211. The van der Waals surface area contributed by atoms with E-state index in [9.17, 15) is 4.79 Å². The molecule has 0 saturated carbocycles. The van der Waals surface area contributed by atoms with Crippen molar-refractivity contribution in [3.8, 4) is 17.2 Å². The molecule has 0 aliphatic carbocycles. The molecular weight excluding hydrogens is 344 g/mol. The van der Waals surface area contributed by atoms with E-state index in [1.807, 2.05) is 6.07 Å². The number of hydrogen-bond acceptors (Lipinski definition) is 5. The van der Waals surface area contributed by atoms with Crippen molar-refractivity contribution in [3.05, 3.63) is 58.6 Å². The number of benzene rings is 2. The Hall–Kier alpha value is -2.66. The Kier molecular flexibility index (Phi) is 6.71. The third-order valence-electron chi connectivity index (χ3n) is 3.43. The molecule has 0 N–H and O–H groups in total. The number of esters is 1. The number of hydrogen-bond donors (Lipinski definition) is 0. The number of rotatable bonds is 7.